The normalized spacial score (nSPS) is 10.9. The molecule has 2 heterocycles. The molecule has 0 saturated heterocycles. The molecule has 4 aromatic rings. The molecule has 0 bridgehead atoms. The maximum Gasteiger partial charge on any atom is 0.190 e. The van der Waals surface area contributed by atoms with Gasteiger partial charge in [0.1, 0.15) is 5.75 Å². The minimum Gasteiger partial charge on any atom is -0.497 e. The Kier molecular flexibility index (Phi) is 5.06. The third kappa shape index (κ3) is 3.48. The lowest BCUT2D eigenvalue weighted by molar-refractivity contribution is 0.356. The van der Waals surface area contributed by atoms with Crippen LogP contribution in [0.4, 0.5) is 10.3 Å². The SMILES string of the molecule is COc1ccc(-c2nc(Nc3nc4cc(OC)c(OC)cc4s3)sc2C)cc1. The molecule has 2 aromatic carbocycles. The minimum atomic E-state index is 0.665. The number of nitrogens with one attached hydrogen (secondary N) is 1. The maximum atomic E-state index is 5.37. The number of fused-ring (bicyclic) bond motifs is 1. The summed E-state index contributed by atoms with van der Waals surface area (Å²) in [5.41, 5.74) is 2.87. The van der Waals surface area contributed by atoms with E-state index in [1.807, 2.05) is 36.4 Å². The van der Waals surface area contributed by atoms with Crippen LogP contribution in [0.15, 0.2) is 36.4 Å². The van der Waals surface area contributed by atoms with E-state index in [0.717, 1.165) is 42.4 Å². The number of hydrogen-bond acceptors (Lipinski definition) is 8. The van der Waals surface area contributed by atoms with E-state index in [1.54, 1.807) is 44.0 Å². The molecule has 0 unspecified atom stereocenters. The molecule has 0 atom stereocenters. The van der Waals surface area contributed by atoms with Crippen LogP contribution in [0.2, 0.25) is 0 Å². The van der Waals surface area contributed by atoms with Crippen molar-refractivity contribution in [3.05, 3.63) is 41.3 Å². The van der Waals surface area contributed by atoms with Gasteiger partial charge in [0, 0.05) is 22.6 Å². The molecule has 0 amide bonds. The van der Waals surface area contributed by atoms with Gasteiger partial charge >= 0.3 is 0 Å². The molecule has 28 heavy (non-hydrogen) atoms. The number of methoxy groups -OCH3 is 3. The number of anilines is 2. The van der Waals surface area contributed by atoms with Gasteiger partial charge in [0.05, 0.1) is 37.2 Å². The van der Waals surface area contributed by atoms with Crippen molar-refractivity contribution in [2.45, 2.75) is 6.92 Å². The van der Waals surface area contributed by atoms with Crippen LogP contribution >= 0.6 is 22.7 Å². The molecule has 2 aromatic heterocycles. The molecule has 0 radical (unpaired) electrons. The van der Waals surface area contributed by atoms with Crippen molar-refractivity contribution in [2.24, 2.45) is 0 Å². The number of thiazole rings is 2. The highest BCUT2D eigenvalue weighted by molar-refractivity contribution is 7.22. The van der Waals surface area contributed by atoms with Crippen LogP contribution in [0.25, 0.3) is 21.5 Å². The molecular formula is C20H19N3O3S2. The van der Waals surface area contributed by atoms with E-state index in [2.05, 4.69) is 17.2 Å². The Balaban J connectivity index is 1.62. The molecule has 144 valence electrons. The summed E-state index contributed by atoms with van der Waals surface area (Å²) in [5, 5.41) is 4.92. The molecule has 6 nitrogen and oxygen atoms in total. The molecule has 0 saturated carbocycles. The Labute approximate surface area is 170 Å². The highest BCUT2D eigenvalue weighted by atomic mass is 32.1. The molecule has 0 aliphatic heterocycles. The predicted molar refractivity (Wildman–Crippen MR) is 115 cm³/mol. The fourth-order valence-corrected chi connectivity index (χ4v) is 4.64. The molecule has 0 aliphatic carbocycles. The lowest BCUT2D eigenvalue weighted by Gasteiger charge is -2.05. The largest absolute Gasteiger partial charge is 0.497 e. The van der Waals surface area contributed by atoms with E-state index in [0.29, 0.717) is 11.5 Å². The highest BCUT2D eigenvalue weighted by Crippen LogP contribution is 2.38. The summed E-state index contributed by atoms with van der Waals surface area (Å²) in [4.78, 5) is 10.5. The van der Waals surface area contributed by atoms with Gasteiger partial charge in [0.15, 0.2) is 21.8 Å². The number of aromatic nitrogens is 2. The van der Waals surface area contributed by atoms with Gasteiger partial charge in [-0.3, -0.25) is 0 Å². The fourth-order valence-electron chi connectivity index (χ4n) is 2.87. The van der Waals surface area contributed by atoms with E-state index >= 15 is 0 Å². The second kappa shape index (κ2) is 7.65. The lowest BCUT2D eigenvalue weighted by atomic mass is 10.1. The zero-order chi connectivity index (χ0) is 19.7. The van der Waals surface area contributed by atoms with Crippen LogP contribution < -0.4 is 19.5 Å². The Hall–Kier alpha value is -2.84. The first kappa shape index (κ1) is 18.5. The molecule has 4 rings (SSSR count). The minimum absolute atomic E-state index is 0.665. The van der Waals surface area contributed by atoms with Crippen molar-refractivity contribution < 1.29 is 14.2 Å². The number of hydrogen-bond donors (Lipinski definition) is 1. The van der Waals surface area contributed by atoms with Crippen LogP contribution in [0.3, 0.4) is 0 Å². The van der Waals surface area contributed by atoms with Gasteiger partial charge in [-0.05, 0) is 31.2 Å². The summed E-state index contributed by atoms with van der Waals surface area (Å²) in [6, 6.07) is 11.7. The van der Waals surface area contributed by atoms with Crippen LogP contribution in [0.1, 0.15) is 4.88 Å². The standard InChI is InChI=1S/C20H19N3O3S2/c1-11-18(12-5-7-13(24-2)8-6-12)22-20(27-11)23-19-21-14-9-15(25-3)16(26-4)10-17(14)28-19/h5-10H,1-4H3,(H,21,22,23). The van der Waals surface area contributed by atoms with Crippen molar-refractivity contribution >= 4 is 43.2 Å². The van der Waals surface area contributed by atoms with E-state index in [1.165, 1.54) is 0 Å². The molecular weight excluding hydrogens is 394 g/mol. The average Bonchev–Trinajstić information content (AvgIpc) is 3.28. The topological polar surface area (TPSA) is 65.5 Å². The van der Waals surface area contributed by atoms with Crippen molar-refractivity contribution in [1.29, 1.82) is 0 Å². The summed E-state index contributed by atoms with van der Waals surface area (Å²) in [6.07, 6.45) is 0. The van der Waals surface area contributed by atoms with Crippen LogP contribution in [0.5, 0.6) is 17.2 Å². The van der Waals surface area contributed by atoms with Gasteiger partial charge in [0.25, 0.3) is 0 Å². The fraction of sp³-hybridized carbons (Fsp3) is 0.200. The lowest BCUT2D eigenvalue weighted by Crippen LogP contribution is -1.90. The second-order valence-corrected chi connectivity index (χ2v) is 8.21. The van der Waals surface area contributed by atoms with Gasteiger partial charge in [-0.1, -0.05) is 11.3 Å². The first-order valence-electron chi connectivity index (χ1n) is 8.52. The van der Waals surface area contributed by atoms with Gasteiger partial charge in [-0.15, -0.1) is 11.3 Å². The van der Waals surface area contributed by atoms with Gasteiger partial charge in [0.2, 0.25) is 0 Å². The summed E-state index contributed by atoms with van der Waals surface area (Å²) in [5.74, 6) is 2.19. The van der Waals surface area contributed by atoms with Crippen molar-refractivity contribution in [3.8, 4) is 28.5 Å². The van der Waals surface area contributed by atoms with Gasteiger partial charge in [-0.2, -0.15) is 0 Å². The first-order chi connectivity index (χ1) is 13.6. The molecule has 0 aliphatic rings. The second-order valence-electron chi connectivity index (χ2n) is 5.97. The Morgan fingerprint density at radius 2 is 1.50 bits per heavy atom. The monoisotopic (exact) mass is 413 g/mol. The Morgan fingerprint density at radius 1 is 0.821 bits per heavy atom. The van der Waals surface area contributed by atoms with E-state index in [-0.39, 0.29) is 0 Å². The molecule has 8 heteroatoms. The number of ether oxygens (including phenoxy) is 3. The Bertz CT molecular complexity index is 1080. The number of rotatable bonds is 6. The summed E-state index contributed by atoms with van der Waals surface area (Å²) >= 11 is 3.15. The molecule has 0 fully saturated rings. The summed E-state index contributed by atoms with van der Waals surface area (Å²) in [6.45, 7) is 2.07. The third-order valence-corrected chi connectivity index (χ3v) is 6.09. The maximum absolute atomic E-state index is 5.37. The van der Waals surface area contributed by atoms with Crippen molar-refractivity contribution in [1.82, 2.24) is 9.97 Å². The van der Waals surface area contributed by atoms with Gasteiger partial charge < -0.3 is 19.5 Å². The zero-order valence-electron chi connectivity index (χ0n) is 15.9. The third-order valence-electron chi connectivity index (χ3n) is 4.27. The van der Waals surface area contributed by atoms with Crippen molar-refractivity contribution in [3.63, 3.8) is 0 Å². The average molecular weight is 414 g/mol. The van der Waals surface area contributed by atoms with Crippen LogP contribution in [-0.4, -0.2) is 31.3 Å². The van der Waals surface area contributed by atoms with E-state index < -0.39 is 0 Å². The zero-order valence-corrected chi connectivity index (χ0v) is 17.5. The highest BCUT2D eigenvalue weighted by Gasteiger charge is 2.14. The molecule has 1 N–H and O–H groups in total. The first-order valence-corrected chi connectivity index (χ1v) is 10.2. The van der Waals surface area contributed by atoms with Crippen LogP contribution in [-0.2, 0) is 0 Å². The van der Waals surface area contributed by atoms with E-state index in [4.69, 9.17) is 19.2 Å². The smallest absolute Gasteiger partial charge is 0.190 e. The summed E-state index contributed by atoms with van der Waals surface area (Å²) in [7, 11) is 4.91. The number of aryl methyl sites for hydroxylation is 1. The van der Waals surface area contributed by atoms with E-state index in [9.17, 15) is 0 Å². The Morgan fingerprint density at radius 3 is 2.18 bits per heavy atom. The van der Waals surface area contributed by atoms with Gasteiger partial charge in [-0.25, -0.2) is 9.97 Å². The predicted octanol–water partition coefficient (Wildman–Crippen LogP) is 5.50. The van der Waals surface area contributed by atoms with Crippen LogP contribution in [0, 0.1) is 6.92 Å². The van der Waals surface area contributed by atoms with Crippen molar-refractivity contribution in [2.75, 3.05) is 26.6 Å². The number of benzene rings is 2. The summed E-state index contributed by atoms with van der Waals surface area (Å²) < 4.78 is 17.0. The quantitative estimate of drug-likeness (QED) is 0.450. The molecule has 0 spiro atoms. The number of nitrogens with zero attached hydrogens (tertiary/aromatic N) is 2.